The predicted molar refractivity (Wildman–Crippen MR) is 60.4 cm³/mol. The SMILES string of the molecule is COc1ccc(CC(=O)CNC(C)=O)cc1. The number of ketones is 1. The van der Waals surface area contributed by atoms with Crippen LogP contribution in [0.25, 0.3) is 0 Å². The molecule has 4 heteroatoms. The standard InChI is InChI=1S/C12H15NO3/c1-9(14)13-8-11(15)7-10-3-5-12(16-2)6-4-10/h3-6H,7-8H2,1-2H3,(H,13,14). The summed E-state index contributed by atoms with van der Waals surface area (Å²) in [4.78, 5) is 22.0. The van der Waals surface area contributed by atoms with Gasteiger partial charge in [-0.2, -0.15) is 0 Å². The van der Waals surface area contributed by atoms with Gasteiger partial charge in [0.15, 0.2) is 5.78 Å². The number of benzene rings is 1. The lowest BCUT2D eigenvalue weighted by molar-refractivity contribution is -0.123. The van der Waals surface area contributed by atoms with E-state index in [4.69, 9.17) is 4.74 Å². The number of rotatable bonds is 5. The van der Waals surface area contributed by atoms with Crippen molar-refractivity contribution in [2.45, 2.75) is 13.3 Å². The number of nitrogens with one attached hydrogen (secondary N) is 1. The number of hydrogen-bond acceptors (Lipinski definition) is 3. The molecular weight excluding hydrogens is 206 g/mol. The van der Waals surface area contributed by atoms with Crippen molar-refractivity contribution >= 4 is 11.7 Å². The fourth-order valence-corrected chi connectivity index (χ4v) is 1.26. The summed E-state index contributed by atoms with van der Waals surface area (Å²) in [6, 6.07) is 7.29. The molecular formula is C12H15NO3. The first kappa shape index (κ1) is 12.2. The molecule has 4 nitrogen and oxygen atoms in total. The molecule has 86 valence electrons. The maximum atomic E-state index is 11.4. The zero-order valence-electron chi connectivity index (χ0n) is 9.45. The van der Waals surface area contributed by atoms with Crippen molar-refractivity contribution in [3.05, 3.63) is 29.8 Å². The van der Waals surface area contributed by atoms with Gasteiger partial charge in [0.1, 0.15) is 5.75 Å². The molecule has 0 unspecified atom stereocenters. The van der Waals surface area contributed by atoms with E-state index in [1.807, 2.05) is 12.1 Å². The number of hydrogen-bond donors (Lipinski definition) is 1. The van der Waals surface area contributed by atoms with Crippen molar-refractivity contribution in [2.75, 3.05) is 13.7 Å². The van der Waals surface area contributed by atoms with Crippen molar-refractivity contribution in [1.82, 2.24) is 5.32 Å². The van der Waals surface area contributed by atoms with Crippen LogP contribution in [0.15, 0.2) is 24.3 Å². The second kappa shape index (κ2) is 5.90. The lowest BCUT2D eigenvalue weighted by Crippen LogP contribution is -2.28. The van der Waals surface area contributed by atoms with Crippen molar-refractivity contribution in [3.8, 4) is 5.75 Å². The molecule has 0 radical (unpaired) electrons. The van der Waals surface area contributed by atoms with Gasteiger partial charge in [-0.3, -0.25) is 9.59 Å². The Bertz CT molecular complexity index is 370. The van der Waals surface area contributed by atoms with Gasteiger partial charge in [-0.05, 0) is 17.7 Å². The normalized spacial score (nSPS) is 9.62. The number of Topliss-reactive ketones (excluding diaryl/α,β-unsaturated/α-hetero) is 1. The van der Waals surface area contributed by atoms with E-state index in [-0.39, 0.29) is 18.2 Å². The van der Waals surface area contributed by atoms with E-state index < -0.39 is 0 Å². The van der Waals surface area contributed by atoms with Crippen LogP contribution in [0.1, 0.15) is 12.5 Å². The molecule has 1 aromatic rings. The highest BCUT2D eigenvalue weighted by molar-refractivity contribution is 5.86. The Morgan fingerprint density at radius 1 is 1.25 bits per heavy atom. The van der Waals surface area contributed by atoms with E-state index in [0.29, 0.717) is 6.42 Å². The quantitative estimate of drug-likeness (QED) is 0.805. The molecule has 0 aliphatic rings. The first-order valence-electron chi connectivity index (χ1n) is 5.01. The summed E-state index contributed by atoms with van der Waals surface area (Å²) in [7, 11) is 1.59. The molecule has 0 saturated carbocycles. The third-order valence-electron chi connectivity index (χ3n) is 2.09. The van der Waals surface area contributed by atoms with Crippen LogP contribution in [-0.4, -0.2) is 25.3 Å². The van der Waals surface area contributed by atoms with Gasteiger partial charge in [0.2, 0.25) is 5.91 Å². The molecule has 0 spiro atoms. The van der Waals surface area contributed by atoms with Crippen LogP contribution >= 0.6 is 0 Å². The molecule has 0 bridgehead atoms. The second-order valence-corrected chi connectivity index (χ2v) is 3.47. The maximum absolute atomic E-state index is 11.4. The van der Waals surface area contributed by atoms with Gasteiger partial charge in [-0.25, -0.2) is 0 Å². The molecule has 16 heavy (non-hydrogen) atoms. The number of methoxy groups -OCH3 is 1. The molecule has 0 atom stereocenters. The van der Waals surface area contributed by atoms with Gasteiger partial charge in [-0.15, -0.1) is 0 Å². The average molecular weight is 221 g/mol. The summed E-state index contributed by atoms with van der Waals surface area (Å²) in [5.74, 6) is 0.557. The van der Waals surface area contributed by atoms with Crippen molar-refractivity contribution in [3.63, 3.8) is 0 Å². The maximum Gasteiger partial charge on any atom is 0.217 e. The minimum atomic E-state index is -0.192. The van der Waals surface area contributed by atoms with Gasteiger partial charge in [0.05, 0.1) is 13.7 Å². The van der Waals surface area contributed by atoms with E-state index in [1.165, 1.54) is 6.92 Å². The molecule has 0 aliphatic heterocycles. The largest absolute Gasteiger partial charge is 0.497 e. The van der Waals surface area contributed by atoms with E-state index in [1.54, 1.807) is 19.2 Å². The highest BCUT2D eigenvalue weighted by atomic mass is 16.5. The summed E-state index contributed by atoms with van der Waals surface area (Å²) in [6.07, 6.45) is 0.324. The Balaban J connectivity index is 2.46. The van der Waals surface area contributed by atoms with E-state index in [0.717, 1.165) is 11.3 Å². The molecule has 0 aliphatic carbocycles. The monoisotopic (exact) mass is 221 g/mol. The first-order chi connectivity index (χ1) is 7.61. The molecule has 0 aromatic heterocycles. The molecule has 0 saturated heterocycles. The van der Waals surface area contributed by atoms with E-state index >= 15 is 0 Å². The number of carbonyl (C=O) groups excluding carboxylic acids is 2. The summed E-state index contributed by atoms with van der Waals surface area (Å²) in [6.45, 7) is 1.47. The van der Waals surface area contributed by atoms with Crippen LogP contribution in [0.4, 0.5) is 0 Å². The minimum absolute atomic E-state index is 0.0135. The van der Waals surface area contributed by atoms with Gasteiger partial charge in [0, 0.05) is 13.3 Å². The van der Waals surface area contributed by atoms with Crippen LogP contribution in [0, 0.1) is 0 Å². The van der Waals surface area contributed by atoms with Gasteiger partial charge < -0.3 is 10.1 Å². The van der Waals surface area contributed by atoms with Crippen molar-refractivity contribution < 1.29 is 14.3 Å². The molecule has 0 fully saturated rings. The fraction of sp³-hybridized carbons (Fsp3) is 0.333. The van der Waals surface area contributed by atoms with E-state index in [9.17, 15) is 9.59 Å². The topological polar surface area (TPSA) is 55.4 Å². The number of carbonyl (C=O) groups is 2. The third-order valence-corrected chi connectivity index (χ3v) is 2.09. The lowest BCUT2D eigenvalue weighted by atomic mass is 10.1. The summed E-state index contributed by atoms with van der Waals surface area (Å²) in [5.41, 5.74) is 0.913. The van der Waals surface area contributed by atoms with Crippen molar-refractivity contribution in [2.24, 2.45) is 0 Å². The smallest absolute Gasteiger partial charge is 0.217 e. The highest BCUT2D eigenvalue weighted by Gasteiger charge is 2.04. The van der Waals surface area contributed by atoms with Gasteiger partial charge in [-0.1, -0.05) is 12.1 Å². The Hall–Kier alpha value is -1.84. The first-order valence-corrected chi connectivity index (χ1v) is 5.01. The van der Waals surface area contributed by atoms with Crippen LogP contribution in [-0.2, 0) is 16.0 Å². The summed E-state index contributed by atoms with van der Waals surface area (Å²) < 4.78 is 5.01. The Labute approximate surface area is 94.6 Å². The van der Waals surface area contributed by atoms with Crippen LogP contribution < -0.4 is 10.1 Å². The third kappa shape index (κ3) is 4.13. The zero-order valence-corrected chi connectivity index (χ0v) is 9.45. The molecule has 1 amide bonds. The zero-order chi connectivity index (χ0) is 12.0. The number of ether oxygens (including phenoxy) is 1. The van der Waals surface area contributed by atoms with Crippen LogP contribution in [0.3, 0.4) is 0 Å². The van der Waals surface area contributed by atoms with Gasteiger partial charge >= 0.3 is 0 Å². The Morgan fingerprint density at radius 3 is 2.38 bits per heavy atom. The Morgan fingerprint density at radius 2 is 1.88 bits per heavy atom. The summed E-state index contributed by atoms with van der Waals surface area (Å²) in [5, 5.41) is 2.47. The molecule has 1 N–H and O–H groups in total. The van der Waals surface area contributed by atoms with Crippen LogP contribution in [0.2, 0.25) is 0 Å². The second-order valence-electron chi connectivity index (χ2n) is 3.47. The minimum Gasteiger partial charge on any atom is -0.497 e. The molecule has 1 aromatic carbocycles. The highest BCUT2D eigenvalue weighted by Crippen LogP contribution is 2.11. The fourth-order valence-electron chi connectivity index (χ4n) is 1.26. The van der Waals surface area contributed by atoms with Crippen LogP contribution in [0.5, 0.6) is 5.75 Å². The molecule has 0 heterocycles. The van der Waals surface area contributed by atoms with Crippen molar-refractivity contribution in [1.29, 1.82) is 0 Å². The molecule has 1 rings (SSSR count). The van der Waals surface area contributed by atoms with Gasteiger partial charge in [0.25, 0.3) is 0 Å². The summed E-state index contributed by atoms with van der Waals surface area (Å²) >= 11 is 0. The Kier molecular flexibility index (Phi) is 4.51. The predicted octanol–water partition coefficient (Wildman–Crippen LogP) is 0.943. The lowest BCUT2D eigenvalue weighted by Gasteiger charge is -2.03. The average Bonchev–Trinajstić information content (AvgIpc) is 2.27. The number of amides is 1. The van der Waals surface area contributed by atoms with E-state index in [2.05, 4.69) is 5.32 Å².